The summed E-state index contributed by atoms with van der Waals surface area (Å²) < 4.78 is 12.0. The third kappa shape index (κ3) is 4.56. The van der Waals surface area contributed by atoms with Crippen molar-refractivity contribution in [2.24, 2.45) is 5.41 Å². The molecule has 0 aromatic rings. The van der Waals surface area contributed by atoms with Crippen LogP contribution in [0.3, 0.4) is 0 Å². The van der Waals surface area contributed by atoms with Crippen molar-refractivity contribution in [3.05, 3.63) is 12.7 Å². The fraction of sp³-hybridized carbons (Fsp3) is 0.895. The zero-order chi connectivity index (χ0) is 16.0. The molecule has 0 saturated carbocycles. The number of fused-ring (bicyclic) bond motifs is 1. The normalized spacial score (nSPS) is 33.3. The Kier molecular flexibility index (Phi) is 6.52. The highest BCUT2D eigenvalue weighted by molar-refractivity contribution is 4.97. The standard InChI is InChI=1S/C19H34N2O2/c1-2-14-22-17-19-8-6-15-23-18(19)7-11-21(16-19)13-12-20-9-4-3-5-10-20/h2,18H,1,3-17H2/t18-,19-/m0/s1. The van der Waals surface area contributed by atoms with Gasteiger partial charge < -0.3 is 19.3 Å². The summed E-state index contributed by atoms with van der Waals surface area (Å²) in [7, 11) is 0. The molecule has 0 aromatic carbocycles. The molecule has 0 radical (unpaired) electrons. The van der Waals surface area contributed by atoms with E-state index in [9.17, 15) is 0 Å². The lowest BCUT2D eigenvalue weighted by Gasteiger charge is -2.50. The fourth-order valence-electron chi connectivity index (χ4n) is 4.60. The van der Waals surface area contributed by atoms with Gasteiger partial charge in [-0.25, -0.2) is 0 Å². The number of hydrogen-bond donors (Lipinski definition) is 0. The van der Waals surface area contributed by atoms with Crippen LogP contribution in [0.25, 0.3) is 0 Å². The van der Waals surface area contributed by atoms with Crippen molar-refractivity contribution in [3.8, 4) is 0 Å². The quantitative estimate of drug-likeness (QED) is 0.531. The summed E-state index contributed by atoms with van der Waals surface area (Å²) in [6, 6.07) is 0. The van der Waals surface area contributed by atoms with E-state index >= 15 is 0 Å². The van der Waals surface area contributed by atoms with Gasteiger partial charge in [0.1, 0.15) is 0 Å². The summed E-state index contributed by atoms with van der Waals surface area (Å²) in [5.74, 6) is 0. The molecular weight excluding hydrogens is 288 g/mol. The highest BCUT2D eigenvalue weighted by Gasteiger charge is 2.45. The van der Waals surface area contributed by atoms with E-state index in [1.165, 1.54) is 64.8 Å². The van der Waals surface area contributed by atoms with Crippen LogP contribution in [0.5, 0.6) is 0 Å². The SMILES string of the molecule is C=CCOC[C@@]12CCCO[C@H]1CCN(CCN1CCCCC1)C2. The Hall–Kier alpha value is -0.420. The largest absolute Gasteiger partial charge is 0.377 e. The second kappa shape index (κ2) is 8.61. The van der Waals surface area contributed by atoms with Crippen molar-refractivity contribution >= 4 is 0 Å². The minimum absolute atomic E-state index is 0.210. The Labute approximate surface area is 141 Å². The Morgan fingerprint density at radius 3 is 2.74 bits per heavy atom. The monoisotopic (exact) mass is 322 g/mol. The van der Waals surface area contributed by atoms with Gasteiger partial charge in [0.25, 0.3) is 0 Å². The van der Waals surface area contributed by atoms with Gasteiger partial charge in [-0.15, -0.1) is 6.58 Å². The zero-order valence-electron chi connectivity index (χ0n) is 14.7. The fourth-order valence-corrected chi connectivity index (χ4v) is 4.60. The van der Waals surface area contributed by atoms with Crippen LogP contribution in [0, 0.1) is 5.41 Å². The zero-order valence-corrected chi connectivity index (χ0v) is 14.7. The van der Waals surface area contributed by atoms with Crippen LogP contribution in [0.2, 0.25) is 0 Å². The van der Waals surface area contributed by atoms with Crippen molar-refractivity contribution in [1.82, 2.24) is 9.80 Å². The van der Waals surface area contributed by atoms with Gasteiger partial charge in [0.2, 0.25) is 0 Å². The van der Waals surface area contributed by atoms with Gasteiger partial charge in [0.05, 0.1) is 19.3 Å². The average Bonchev–Trinajstić information content (AvgIpc) is 2.61. The van der Waals surface area contributed by atoms with Crippen LogP contribution in [-0.2, 0) is 9.47 Å². The van der Waals surface area contributed by atoms with Crippen molar-refractivity contribution in [2.45, 2.75) is 44.6 Å². The molecule has 0 unspecified atom stereocenters. The molecule has 0 bridgehead atoms. The van der Waals surface area contributed by atoms with E-state index in [2.05, 4.69) is 16.4 Å². The number of hydrogen-bond acceptors (Lipinski definition) is 4. The number of rotatable bonds is 7. The molecule has 3 aliphatic rings. The smallest absolute Gasteiger partial charge is 0.0677 e. The lowest BCUT2D eigenvalue weighted by molar-refractivity contribution is -0.151. The molecular formula is C19H34N2O2. The Morgan fingerprint density at radius 1 is 1.09 bits per heavy atom. The minimum atomic E-state index is 0.210. The van der Waals surface area contributed by atoms with Crippen molar-refractivity contribution in [3.63, 3.8) is 0 Å². The Morgan fingerprint density at radius 2 is 1.91 bits per heavy atom. The first-order valence-corrected chi connectivity index (χ1v) is 9.57. The van der Waals surface area contributed by atoms with Gasteiger partial charge in [-0.1, -0.05) is 12.5 Å². The molecule has 3 heterocycles. The molecule has 3 fully saturated rings. The van der Waals surface area contributed by atoms with E-state index in [4.69, 9.17) is 9.47 Å². The molecule has 23 heavy (non-hydrogen) atoms. The van der Waals surface area contributed by atoms with Crippen LogP contribution >= 0.6 is 0 Å². The lowest BCUT2D eigenvalue weighted by atomic mass is 9.73. The van der Waals surface area contributed by atoms with Gasteiger partial charge >= 0.3 is 0 Å². The maximum Gasteiger partial charge on any atom is 0.0677 e. The average molecular weight is 322 g/mol. The second-order valence-corrected chi connectivity index (χ2v) is 7.60. The Balaban J connectivity index is 1.53. The molecule has 4 heteroatoms. The van der Waals surface area contributed by atoms with Crippen LogP contribution in [-0.4, -0.2) is 75.0 Å². The summed E-state index contributed by atoms with van der Waals surface area (Å²) in [6.45, 7) is 13.5. The number of piperidine rings is 2. The number of ether oxygens (including phenoxy) is 2. The summed E-state index contributed by atoms with van der Waals surface area (Å²) >= 11 is 0. The third-order valence-electron chi connectivity index (χ3n) is 5.87. The highest BCUT2D eigenvalue weighted by atomic mass is 16.5. The van der Waals surface area contributed by atoms with Crippen molar-refractivity contribution in [1.29, 1.82) is 0 Å². The van der Waals surface area contributed by atoms with Crippen LogP contribution in [0.1, 0.15) is 38.5 Å². The molecule has 2 atom stereocenters. The lowest BCUT2D eigenvalue weighted by Crippen LogP contribution is -2.57. The van der Waals surface area contributed by atoms with Gasteiger partial charge in [0, 0.05) is 38.2 Å². The summed E-state index contributed by atoms with van der Waals surface area (Å²) in [5.41, 5.74) is 0.210. The van der Waals surface area contributed by atoms with E-state index in [1.807, 2.05) is 6.08 Å². The Bertz CT molecular complexity index is 370. The van der Waals surface area contributed by atoms with Crippen LogP contribution in [0.4, 0.5) is 0 Å². The van der Waals surface area contributed by atoms with E-state index < -0.39 is 0 Å². The van der Waals surface area contributed by atoms with E-state index in [-0.39, 0.29) is 5.41 Å². The van der Waals surface area contributed by atoms with E-state index in [1.54, 1.807) is 0 Å². The highest BCUT2D eigenvalue weighted by Crippen LogP contribution is 2.40. The minimum Gasteiger partial charge on any atom is -0.377 e. The molecule has 3 saturated heterocycles. The maximum atomic E-state index is 6.12. The van der Waals surface area contributed by atoms with Crippen LogP contribution in [0.15, 0.2) is 12.7 Å². The molecule has 4 nitrogen and oxygen atoms in total. The predicted molar refractivity (Wildman–Crippen MR) is 93.8 cm³/mol. The molecule has 0 spiro atoms. The second-order valence-electron chi connectivity index (χ2n) is 7.60. The first-order chi connectivity index (χ1) is 11.3. The molecule has 0 N–H and O–H groups in total. The summed E-state index contributed by atoms with van der Waals surface area (Å²) in [4.78, 5) is 5.31. The molecule has 132 valence electrons. The number of likely N-dealkylation sites (tertiary alicyclic amines) is 2. The first kappa shape index (κ1) is 17.4. The van der Waals surface area contributed by atoms with Gasteiger partial charge in [-0.05, 0) is 45.2 Å². The number of nitrogens with zero attached hydrogens (tertiary/aromatic N) is 2. The van der Waals surface area contributed by atoms with E-state index in [0.717, 1.165) is 26.2 Å². The molecule has 3 rings (SSSR count). The summed E-state index contributed by atoms with van der Waals surface area (Å²) in [6.07, 6.45) is 10.0. The molecule has 0 aromatic heterocycles. The first-order valence-electron chi connectivity index (χ1n) is 9.57. The topological polar surface area (TPSA) is 24.9 Å². The third-order valence-corrected chi connectivity index (χ3v) is 5.87. The van der Waals surface area contributed by atoms with Gasteiger partial charge in [-0.3, -0.25) is 0 Å². The maximum absolute atomic E-state index is 6.12. The van der Waals surface area contributed by atoms with Crippen molar-refractivity contribution < 1.29 is 9.47 Å². The van der Waals surface area contributed by atoms with E-state index in [0.29, 0.717) is 12.7 Å². The van der Waals surface area contributed by atoms with Gasteiger partial charge in [0.15, 0.2) is 0 Å². The molecule has 0 amide bonds. The molecule has 3 aliphatic heterocycles. The van der Waals surface area contributed by atoms with Crippen molar-refractivity contribution in [2.75, 3.05) is 59.1 Å². The predicted octanol–water partition coefficient (Wildman–Crippen LogP) is 2.55. The summed E-state index contributed by atoms with van der Waals surface area (Å²) in [5, 5.41) is 0. The van der Waals surface area contributed by atoms with Gasteiger partial charge in [-0.2, -0.15) is 0 Å². The molecule has 0 aliphatic carbocycles. The van der Waals surface area contributed by atoms with Crippen LogP contribution < -0.4 is 0 Å².